The highest BCUT2D eigenvalue weighted by Crippen LogP contribution is 2.32. The molecule has 1 aliphatic heterocycles. The van der Waals surface area contributed by atoms with E-state index in [0.29, 0.717) is 16.9 Å². The van der Waals surface area contributed by atoms with Gasteiger partial charge in [0.05, 0.1) is 23.7 Å². The minimum absolute atomic E-state index is 0.0427. The molecule has 9 heteroatoms. The number of fused-ring (bicyclic) bond motifs is 1. The van der Waals surface area contributed by atoms with E-state index in [1.165, 1.54) is 18.3 Å². The van der Waals surface area contributed by atoms with Crippen molar-refractivity contribution in [2.24, 2.45) is 0 Å². The number of sulfonamides is 1. The van der Waals surface area contributed by atoms with Crippen LogP contribution in [0, 0.1) is 0 Å². The van der Waals surface area contributed by atoms with E-state index in [4.69, 9.17) is 11.6 Å². The second-order valence-corrected chi connectivity index (χ2v) is 6.71. The molecule has 0 aliphatic carbocycles. The maximum atomic E-state index is 12.3. The molecule has 1 aromatic heterocycles. The third-order valence-corrected chi connectivity index (χ3v) is 4.95. The third-order valence-electron chi connectivity index (χ3n) is 3.08. The average molecular weight is 327 g/mol. The second kappa shape index (κ2) is 5.14. The molecule has 0 fully saturated rings. The number of halogens is 1. The van der Waals surface area contributed by atoms with Gasteiger partial charge in [0, 0.05) is 11.9 Å². The largest absolute Gasteiger partial charge is 0.325 e. The van der Waals surface area contributed by atoms with Crippen LogP contribution in [0.3, 0.4) is 0 Å². The first kappa shape index (κ1) is 14.1. The van der Waals surface area contributed by atoms with Crippen LogP contribution in [0.4, 0.5) is 5.69 Å². The van der Waals surface area contributed by atoms with Crippen LogP contribution in [0.1, 0.15) is 11.3 Å². The normalized spacial score (nSPS) is 14.0. The highest BCUT2D eigenvalue weighted by molar-refractivity contribution is 7.89. The van der Waals surface area contributed by atoms with Gasteiger partial charge in [-0.2, -0.15) is 5.10 Å². The summed E-state index contributed by atoms with van der Waals surface area (Å²) in [7, 11) is -3.77. The van der Waals surface area contributed by atoms with Gasteiger partial charge in [-0.25, -0.2) is 13.1 Å². The average Bonchev–Trinajstić information content (AvgIpc) is 3.03. The van der Waals surface area contributed by atoms with E-state index >= 15 is 0 Å². The molecule has 3 N–H and O–H groups in total. The number of anilines is 1. The molecule has 1 amide bonds. The van der Waals surface area contributed by atoms with E-state index in [0.717, 1.165) is 0 Å². The van der Waals surface area contributed by atoms with Gasteiger partial charge in [-0.15, -0.1) is 0 Å². The predicted molar refractivity (Wildman–Crippen MR) is 76.4 cm³/mol. The molecule has 1 aromatic carbocycles. The predicted octanol–water partition coefficient (Wildman–Crippen LogP) is 1.04. The number of benzene rings is 1. The first-order chi connectivity index (χ1) is 9.95. The lowest BCUT2D eigenvalue weighted by Gasteiger charge is -2.09. The molecule has 0 unspecified atom stereocenters. The van der Waals surface area contributed by atoms with Crippen molar-refractivity contribution in [1.29, 1.82) is 0 Å². The summed E-state index contributed by atoms with van der Waals surface area (Å²) >= 11 is 6.01. The Morgan fingerprint density at radius 3 is 2.90 bits per heavy atom. The molecule has 2 heterocycles. The summed E-state index contributed by atoms with van der Waals surface area (Å²) < 4.78 is 27.0. The van der Waals surface area contributed by atoms with Crippen molar-refractivity contribution < 1.29 is 13.2 Å². The van der Waals surface area contributed by atoms with Crippen molar-refractivity contribution in [1.82, 2.24) is 14.9 Å². The van der Waals surface area contributed by atoms with Crippen LogP contribution in [-0.4, -0.2) is 24.5 Å². The van der Waals surface area contributed by atoms with Crippen LogP contribution in [0.15, 0.2) is 29.3 Å². The SMILES string of the molecule is O=C1Cc2cc(S(=O)(=O)NCc3ccn[nH]3)c(Cl)cc2N1. The number of aromatic nitrogens is 2. The van der Waals surface area contributed by atoms with Crippen LogP contribution >= 0.6 is 11.6 Å². The molecule has 2 aromatic rings. The number of aromatic amines is 1. The fourth-order valence-corrected chi connectivity index (χ4v) is 3.65. The summed E-state index contributed by atoms with van der Waals surface area (Å²) in [5.41, 5.74) is 1.80. The monoisotopic (exact) mass is 326 g/mol. The molecule has 110 valence electrons. The second-order valence-electron chi connectivity index (χ2n) is 4.57. The number of hydrogen-bond acceptors (Lipinski definition) is 4. The number of hydrogen-bond donors (Lipinski definition) is 3. The smallest absolute Gasteiger partial charge is 0.242 e. The molecule has 0 spiro atoms. The molecule has 7 nitrogen and oxygen atoms in total. The number of carbonyl (C=O) groups is 1. The first-order valence-corrected chi connectivity index (χ1v) is 7.92. The standard InChI is InChI=1S/C12H11ClN4O3S/c13-9-5-10-7(4-12(18)16-10)3-11(9)21(19,20)15-6-8-1-2-14-17-8/h1-3,5,15H,4,6H2,(H,14,17)(H,16,18). The zero-order valence-electron chi connectivity index (χ0n) is 10.7. The maximum absolute atomic E-state index is 12.3. The van der Waals surface area contributed by atoms with Gasteiger partial charge in [0.25, 0.3) is 0 Å². The van der Waals surface area contributed by atoms with Crippen molar-refractivity contribution in [2.75, 3.05) is 5.32 Å². The Morgan fingerprint density at radius 1 is 1.38 bits per heavy atom. The van der Waals surface area contributed by atoms with Gasteiger partial charge >= 0.3 is 0 Å². The topological polar surface area (TPSA) is 104 Å². The summed E-state index contributed by atoms with van der Waals surface area (Å²) in [6, 6.07) is 4.53. The minimum Gasteiger partial charge on any atom is -0.325 e. The molecule has 3 rings (SSSR count). The van der Waals surface area contributed by atoms with Gasteiger partial charge < -0.3 is 5.32 Å². The van der Waals surface area contributed by atoms with Gasteiger partial charge in [0.2, 0.25) is 15.9 Å². The van der Waals surface area contributed by atoms with Crippen molar-refractivity contribution in [3.05, 3.63) is 40.7 Å². The highest BCUT2D eigenvalue weighted by Gasteiger charge is 2.25. The summed E-state index contributed by atoms with van der Waals surface area (Å²) in [5, 5.41) is 9.08. The molecule has 21 heavy (non-hydrogen) atoms. The van der Waals surface area contributed by atoms with Gasteiger partial charge in [-0.3, -0.25) is 9.89 Å². The first-order valence-electron chi connectivity index (χ1n) is 6.06. The Bertz CT molecular complexity index is 802. The Kier molecular flexibility index (Phi) is 3.44. The Morgan fingerprint density at radius 2 is 2.19 bits per heavy atom. The molecular weight excluding hydrogens is 316 g/mol. The third kappa shape index (κ3) is 2.78. The number of amides is 1. The Labute approximate surface area is 125 Å². The zero-order chi connectivity index (χ0) is 15.0. The van der Waals surface area contributed by atoms with E-state index in [2.05, 4.69) is 20.2 Å². The molecule has 0 radical (unpaired) electrons. The molecule has 0 bridgehead atoms. The maximum Gasteiger partial charge on any atom is 0.242 e. The molecule has 0 saturated carbocycles. The van der Waals surface area contributed by atoms with Gasteiger partial charge in [-0.1, -0.05) is 11.6 Å². The highest BCUT2D eigenvalue weighted by atomic mass is 35.5. The van der Waals surface area contributed by atoms with Crippen molar-refractivity contribution in [2.45, 2.75) is 17.9 Å². The zero-order valence-corrected chi connectivity index (χ0v) is 12.3. The fourth-order valence-electron chi connectivity index (χ4n) is 2.07. The lowest BCUT2D eigenvalue weighted by atomic mass is 10.2. The number of H-pyrrole nitrogens is 1. The van der Waals surface area contributed by atoms with E-state index in [-0.39, 0.29) is 28.8 Å². The summed E-state index contributed by atoms with van der Waals surface area (Å²) in [6.45, 7) is 0.0763. The lowest BCUT2D eigenvalue weighted by molar-refractivity contribution is -0.115. The van der Waals surface area contributed by atoms with Crippen LogP contribution in [0.25, 0.3) is 0 Å². The van der Waals surface area contributed by atoms with Crippen LogP contribution in [-0.2, 0) is 27.8 Å². The summed E-state index contributed by atoms with van der Waals surface area (Å²) in [6.07, 6.45) is 1.68. The number of nitrogens with zero attached hydrogens (tertiary/aromatic N) is 1. The Balaban J connectivity index is 1.89. The van der Waals surface area contributed by atoms with Gasteiger partial charge in [0.1, 0.15) is 4.90 Å². The molecule has 1 aliphatic rings. The molecule has 0 saturated heterocycles. The van der Waals surface area contributed by atoms with E-state index in [1.807, 2.05) is 0 Å². The van der Waals surface area contributed by atoms with Crippen LogP contribution in [0.5, 0.6) is 0 Å². The quantitative estimate of drug-likeness (QED) is 0.780. The molecule has 0 atom stereocenters. The van der Waals surface area contributed by atoms with Gasteiger partial charge in [-0.05, 0) is 23.8 Å². The fraction of sp³-hybridized carbons (Fsp3) is 0.167. The van der Waals surface area contributed by atoms with E-state index in [1.54, 1.807) is 6.07 Å². The molecular formula is C12H11ClN4O3S. The number of carbonyl (C=O) groups excluding carboxylic acids is 1. The van der Waals surface area contributed by atoms with Gasteiger partial charge in [0.15, 0.2) is 0 Å². The minimum atomic E-state index is -3.77. The van der Waals surface area contributed by atoms with Crippen molar-refractivity contribution in [3.8, 4) is 0 Å². The summed E-state index contributed by atoms with van der Waals surface area (Å²) in [4.78, 5) is 11.3. The van der Waals surface area contributed by atoms with Crippen LogP contribution < -0.4 is 10.0 Å². The Hall–Kier alpha value is -1.90. The number of rotatable bonds is 4. The van der Waals surface area contributed by atoms with Crippen molar-refractivity contribution in [3.63, 3.8) is 0 Å². The van der Waals surface area contributed by atoms with E-state index < -0.39 is 10.0 Å². The van der Waals surface area contributed by atoms with Crippen molar-refractivity contribution >= 4 is 33.2 Å². The van der Waals surface area contributed by atoms with Crippen LogP contribution in [0.2, 0.25) is 5.02 Å². The summed E-state index contributed by atoms with van der Waals surface area (Å²) in [5.74, 6) is -0.180. The number of nitrogens with one attached hydrogen (secondary N) is 3. The van der Waals surface area contributed by atoms with E-state index in [9.17, 15) is 13.2 Å². The lowest BCUT2D eigenvalue weighted by Crippen LogP contribution is -2.24.